The van der Waals surface area contributed by atoms with Crippen LogP contribution in [0, 0.1) is 0 Å². The zero-order valence-electron chi connectivity index (χ0n) is 11.4. The van der Waals surface area contributed by atoms with Crippen LogP contribution < -0.4 is 5.32 Å². The zero-order valence-corrected chi connectivity index (χ0v) is 13.0. The van der Waals surface area contributed by atoms with Gasteiger partial charge in [-0.25, -0.2) is 0 Å². The number of pyridine rings is 1. The van der Waals surface area contributed by atoms with Crippen molar-refractivity contribution >= 4 is 27.6 Å². The first-order valence-electron chi connectivity index (χ1n) is 6.74. The molecule has 108 valence electrons. The summed E-state index contributed by atoms with van der Waals surface area (Å²) in [4.78, 5) is 4.17. The van der Waals surface area contributed by atoms with Crippen molar-refractivity contribution in [3.05, 3.63) is 70.5 Å². The molecule has 0 radical (unpaired) electrons. The van der Waals surface area contributed by atoms with Gasteiger partial charge in [0, 0.05) is 28.1 Å². The average Bonchev–Trinajstić information content (AvgIpc) is 3.04. The lowest BCUT2D eigenvalue weighted by molar-refractivity contribution is 0.586. The van der Waals surface area contributed by atoms with Crippen molar-refractivity contribution < 1.29 is 0 Å². The van der Waals surface area contributed by atoms with Crippen LogP contribution in [-0.4, -0.2) is 25.2 Å². The summed E-state index contributed by atoms with van der Waals surface area (Å²) in [5.41, 5.74) is 3.06. The number of rotatable bonds is 2. The number of anilines is 1. The molecule has 0 saturated carbocycles. The smallest absolute Gasteiger partial charge is 0.248 e. The Morgan fingerprint density at radius 2 is 2.00 bits per heavy atom. The molecular formula is C15H11BrN6. The van der Waals surface area contributed by atoms with Gasteiger partial charge in [0.1, 0.15) is 6.04 Å². The van der Waals surface area contributed by atoms with E-state index in [0.29, 0.717) is 5.95 Å². The maximum atomic E-state index is 4.17. The number of fused-ring (bicyclic) bond motifs is 1. The number of nitrogens with one attached hydrogen (secondary N) is 1. The number of benzene rings is 1. The highest BCUT2D eigenvalue weighted by Gasteiger charge is 2.24. The summed E-state index contributed by atoms with van der Waals surface area (Å²) in [6.07, 6.45) is 5.67. The topological polar surface area (TPSA) is 68.5 Å². The number of hydrogen-bond donors (Lipinski definition) is 1. The van der Waals surface area contributed by atoms with E-state index in [4.69, 9.17) is 0 Å². The molecule has 0 bridgehead atoms. The Hall–Kier alpha value is -2.54. The van der Waals surface area contributed by atoms with Crippen LogP contribution in [0.4, 0.5) is 5.95 Å². The summed E-state index contributed by atoms with van der Waals surface area (Å²) in [5, 5.41) is 15.1. The van der Waals surface area contributed by atoms with Crippen molar-refractivity contribution in [3.8, 4) is 0 Å². The molecule has 0 amide bonds. The first kappa shape index (κ1) is 13.1. The second kappa shape index (κ2) is 5.34. The number of nitrogens with zero attached hydrogens (tertiary/aromatic N) is 5. The molecule has 1 aromatic carbocycles. The van der Waals surface area contributed by atoms with Gasteiger partial charge in [-0.15, -0.1) is 0 Å². The van der Waals surface area contributed by atoms with Crippen molar-refractivity contribution in [2.75, 3.05) is 5.32 Å². The monoisotopic (exact) mass is 354 g/mol. The van der Waals surface area contributed by atoms with E-state index in [-0.39, 0.29) is 6.04 Å². The molecule has 0 saturated heterocycles. The van der Waals surface area contributed by atoms with Crippen molar-refractivity contribution in [3.63, 3.8) is 0 Å². The molecule has 4 rings (SSSR count). The molecule has 22 heavy (non-hydrogen) atoms. The molecule has 7 heteroatoms. The Morgan fingerprint density at radius 3 is 2.77 bits per heavy atom. The quantitative estimate of drug-likeness (QED) is 0.766. The molecule has 3 aromatic rings. The Labute approximate surface area is 135 Å². The minimum Gasteiger partial charge on any atom is -0.323 e. The zero-order chi connectivity index (χ0) is 14.9. The van der Waals surface area contributed by atoms with Crippen LogP contribution in [0.15, 0.2) is 59.3 Å². The summed E-state index contributed by atoms with van der Waals surface area (Å²) < 4.78 is 2.81. The lowest BCUT2D eigenvalue weighted by Crippen LogP contribution is -2.20. The van der Waals surface area contributed by atoms with Gasteiger partial charge >= 0.3 is 0 Å². The maximum Gasteiger partial charge on any atom is 0.248 e. The SMILES string of the molecule is Brc1ccc([C@H]2C=C(c3cccnc3)Nc3nnnn32)cc1. The summed E-state index contributed by atoms with van der Waals surface area (Å²) in [6.45, 7) is 0. The highest BCUT2D eigenvalue weighted by molar-refractivity contribution is 9.10. The van der Waals surface area contributed by atoms with Crippen LogP contribution in [0.25, 0.3) is 5.70 Å². The second-order valence-corrected chi connectivity index (χ2v) is 5.81. The standard InChI is InChI=1S/C15H11BrN6/c16-12-5-3-10(4-6-12)14-8-13(11-2-1-7-17-9-11)18-15-19-20-21-22(14)15/h1-9,14H,(H,18,19,21)/t14-/m1/s1. The second-order valence-electron chi connectivity index (χ2n) is 4.89. The van der Waals surface area contributed by atoms with Gasteiger partial charge in [-0.05, 0) is 46.3 Å². The third-order valence-corrected chi connectivity index (χ3v) is 4.04. The van der Waals surface area contributed by atoms with E-state index < -0.39 is 0 Å². The van der Waals surface area contributed by atoms with Crippen LogP contribution in [0.2, 0.25) is 0 Å². The predicted molar refractivity (Wildman–Crippen MR) is 85.9 cm³/mol. The van der Waals surface area contributed by atoms with Gasteiger partial charge < -0.3 is 5.32 Å². The van der Waals surface area contributed by atoms with Gasteiger partial charge in [0.2, 0.25) is 5.95 Å². The summed E-state index contributed by atoms with van der Waals surface area (Å²) >= 11 is 3.46. The third-order valence-electron chi connectivity index (χ3n) is 3.51. The molecule has 0 unspecified atom stereocenters. The predicted octanol–water partition coefficient (Wildman–Crippen LogP) is 2.89. The summed E-state index contributed by atoms with van der Waals surface area (Å²) in [6, 6.07) is 12.0. The Balaban J connectivity index is 1.81. The lowest BCUT2D eigenvalue weighted by Gasteiger charge is -2.23. The highest BCUT2D eigenvalue weighted by atomic mass is 79.9. The van der Waals surface area contributed by atoms with E-state index in [1.807, 2.05) is 30.5 Å². The molecule has 0 spiro atoms. The van der Waals surface area contributed by atoms with E-state index in [0.717, 1.165) is 21.3 Å². The fourth-order valence-corrected chi connectivity index (χ4v) is 2.71. The van der Waals surface area contributed by atoms with Crippen molar-refractivity contribution in [1.29, 1.82) is 0 Å². The maximum absolute atomic E-state index is 4.17. The number of allylic oxidation sites excluding steroid dienone is 1. The van der Waals surface area contributed by atoms with Gasteiger partial charge in [-0.1, -0.05) is 33.2 Å². The minimum absolute atomic E-state index is 0.0606. The molecule has 1 aliphatic rings. The first-order valence-corrected chi connectivity index (χ1v) is 7.53. The van der Waals surface area contributed by atoms with Crippen molar-refractivity contribution in [2.24, 2.45) is 0 Å². The minimum atomic E-state index is -0.0606. The molecule has 0 fully saturated rings. The molecule has 1 atom stereocenters. The largest absolute Gasteiger partial charge is 0.323 e. The van der Waals surface area contributed by atoms with E-state index in [9.17, 15) is 0 Å². The van der Waals surface area contributed by atoms with E-state index >= 15 is 0 Å². The van der Waals surface area contributed by atoms with Gasteiger partial charge in [0.15, 0.2) is 0 Å². The summed E-state index contributed by atoms with van der Waals surface area (Å²) in [7, 11) is 0. The number of hydrogen-bond acceptors (Lipinski definition) is 5. The van der Waals surface area contributed by atoms with Gasteiger partial charge in [-0.3, -0.25) is 4.98 Å². The van der Waals surface area contributed by atoms with Gasteiger partial charge in [-0.2, -0.15) is 4.68 Å². The fourth-order valence-electron chi connectivity index (χ4n) is 2.44. The molecule has 1 aliphatic heterocycles. The normalized spacial score (nSPS) is 16.6. The lowest BCUT2D eigenvalue weighted by atomic mass is 10.0. The average molecular weight is 355 g/mol. The first-order chi connectivity index (χ1) is 10.8. The number of halogens is 1. The fraction of sp³-hybridized carbons (Fsp3) is 0.0667. The Kier molecular flexibility index (Phi) is 3.19. The van der Waals surface area contributed by atoms with Crippen molar-refractivity contribution in [1.82, 2.24) is 25.2 Å². The number of aromatic nitrogens is 5. The van der Waals surface area contributed by atoms with Gasteiger partial charge in [0.25, 0.3) is 0 Å². The van der Waals surface area contributed by atoms with E-state index in [1.54, 1.807) is 10.9 Å². The van der Waals surface area contributed by atoms with Crippen LogP contribution in [0.1, 0.15) is 17.2 Å². The van der Waals surface area contributed by atoms with Crippen LogP contribution in [-0.2, 0) is 0 Å². The molecule has 1 N–H and O–H groups in total. The van der Waals surface area contributed by atoms with Crippen LogP contribution in [0.5, 0.6) is 0 Å². The molecule has 0 aliphatic carbocycles. The Bertz CT molecular complexity index is 825. The summed E-state index contributed by atoms with van der Waals surface area (Å²) in [5.74, 6) is 0.620. The van der Waals surface area contributed by atoms with Crippen molar-refractivity contribution in [2.45, 2.75) is 6.04 Å². The molecular weight excluding hydrogens is 344 g/mol. The van der Waals surface area contributed by atoms with Gasteiger partial charge in [0.05, 0.1) is 0 Å². The molecule has 6 nitrogen and oxygen atoms in total. The van der Waals surface area contributed by atoms with E-state index in [2.05, 4.69) is 60.0 Å². The third kappa shape index (κ3) is 2.29. The number of tetrazole rings is 1. The molecule has 3 heterocycles. The van der Waals surface area contributed by atoms with Crippen LogP contribution >= 0.6 is 15.9 Å². The highest BCUT2D eigenvalue weighted by Crippen LogP contribution is 2.31. The van der Waals surface area contributed by atoms with Crippen LogP contribution in [0.3, 0.4) is 0 Å². The van der Waals surface area contributed by atoms with E-state index in [1.165, 1.54) is 0 Å². The molecule has 2 aromatic heterocycles. The Morgan fingerprint density at radius 1 is 1.14 bits per heavy atom.